The van der Waals surface area contributed by atoms with Crippen molar-refractivity contribution >= 4 is 23.3 Å². The number of carbonyl (C=O) groups excluding carboxylic acids is 2. The van der Waals surface area contributed by atoms with E-state index in [-0.39, 0.29) is 22.8 Å². The average Bonchev–Trinajstić information content (AvgIpc) is 2.93. The monoisotopic (exact) mass is 552 g/mol. The molecule has 3 atom stereocenters. The molecule has 1 amide bonds. The van der Waals surface area contributed by atoms with Crippen LogP contribution in [-0.4, -0.2) is 16.8 Å². The van der Waals surface area contributed by atoms with Gasteiger partial charge in [-0.2, -0.15) is 0 Å². The number of esters is 1. The predicted octanol–water partition coefficient (Wildman–Crippen LogP) is 7.28. The van der Waals surface area contributed by atoms with Gasteiger partial charge >= 0.3 is 5.97 Å². The van der Waals surface area contributed by atoms with Crippen molar-refractivity contribution in [2.75, 3.05) is 5.32 Å². The molecule has 4 aliphatic rings. The molecule has 0 aromatic heterocycles. The SMILES string of the molecule is Cc1ccc(NC(=O)[C@H](OC(=O)C23C[C@@H]4C[C@@H](C2)CC(c2ccc(C)c(C)c2)(C4)C3)c2ccccc2)c([N+](=O)[O-])c1. The number of aryl methyl sites for hydroxylation is 3. The van der Waals surface area contributed by atoms with Crippen molar-refractivity contribution in [2.24, 2.45) is 17.3 Å². The van der Waals surface area contributed by atoms with E-state index in [2.05, 4.69) is 37.4 Å². The van der Waals surface area contributed by atoms with E-state index in [1.807, 2.05) is 6.07 Å². The topological polar surface area (TPSA) is 98.5 Å². The van der Waals surface area contributed by atoms with Gasteiger partial charge in [-0.3, -0.25) is 19.7 Å². The number of anilines is 1. The number of nitrogens with zero attached hydrogens (tertiary/aromatic N) is 1. The molecule has 7 heteroatoms. The van der Waals surface area contributed by atoms with Crippen molar-refractivity contribution in [1.82, 2.24) is 0 Å². The second kappa shape index (κ2) is 10.1. The van der Waals surface area contributed by atoms with Gasteiger partial charge in [0.1, 0.15) is 5.69 Å². The molecule has 0 heterocycles. The Bertz CT molecular complexity index is 1520. The molecule has 41 heavy (non-hydrogen) atoms. The van der Waals surface area contributed by atoms with Gasteiger partial charge in [0.25, 0.3) is 11.6 Å². The van der Waals surface area contributed by atoms with E-state index in [1.54, 1.807) is 37.3 Å². The Kier molecular flexibility index (Phi) is 6.71. The van der Waals surface area contributed by atoms with Gasteiger partial charge in [-0.15, -0.1) is 0 Å². The zero-order chi connectivity index (χ0) is 28.9. The van der Waals surface area contributed by atoms with Crippen molar-refractivity contribution in [1.29, 1.82) is 0 Å². The molecule has 0 saturated heterocycles. The predicted molar refractivity (Wildman–Crippen MR) is 156 cm³/mol. The van der Waals surface area contributed by atoms with Gasteiger partial charge in [0.15, 0.2) is 0 Å². The number of nitro benzene ring substituents is 1. The zero-order valence-electron chi connectivity index (χ0n) is 23.8. The molecule has 7 nitrogen and oxygen atoms in total. The first-order chi connectivity index (χ1) is 19.6. The van der Waals surface area contributed by atoms with Crippen LogP contribution < -0.4 is 5.32 Å². The summed E-state index contributed by atoms with van der Waals surface area (Å²) in [7, 11) is 0. The zero-order valence-corrected chi connectivity index (χ0v) is 23.8. The van der Waals surface area contributed by atoms with Gasteiger partial charge in [-0.05, 0) is 105 Å². The number of benzene rings is 3. The summed E-state index contributed by atoms with van der Waals surface area (Å²) in [6.45, 7) is 6.02. The molecule has 7 rings (SSSR count). The fourth-order valence-corrected chi connectivity index (χ4v) is 8.14. The molecule has 3 aromatic carbocycles. The van der Waals surface area contributed by atoms with Crippen LogP contribution in [-0.2, 0) is 19.7 Å². The fourth-order valence-electron chi connectivity index (χ4n) is 8.14. The molecule has 4 bridgehead atoms. The van der Waals surface area contributed by atoms with Gasteiger partial charge in [-0.25, -0.2) is 0 Å². The number of amides is 1. The van der Waals surface area contributed by atoms with Crippen molar-refractivity contribution in [3.63, 3.8) is 0 Å². The maximum absolute atomic E-state index is 14.2. The lowest BCUT2D eigenvalue weighted by Crippen LogP contribution is -2.57. The highest BCUT2D eigenvalue weighted by atomic mass is 16.6. The Morgan fingerprint density at radius 1 is 0.927 bits per heavy atom. The number of hydrogen-bond donors (Lipinski definition) is 1. The first-order valence-electron chi connectivity index (χ1n) is 14.5. The van der Waals surface area contributed by atoms with Crippen molar-refractivity contribution < 1.29 is 19.2 Å². The normalized spacial score (nSPS) is 26.8. The van der Waals surface area contributed by atoms with Crippen molar-refractivity contribution in [2.45, 2.75) is 70.8 Å². The fraction of sp³-hybridized carbons (Fsp3) is 0.412. The molecule has 0 radical (unpaired) electrons. The van der Waals surface area contributed by atoms with Crippen LogP contribution >= 0.6 is 0 Å². The first kappa shape index (κ1) is 27.2. The van der Waals surface area contributed by atoms with Gasteiger partial charge in [0, 0.05) is 11.6 Å². The maximum atomic E-state index is 14.2. The third-order valence-electron chi connectivity index (χ3n) is 9.79. The van der Waals surface area contributed by atoms with Crippen molar-refractivity contribution in [3.05, 3.63) is 105 Å². The van der Waals surface area contributed by atoms with Gasteiger partial charge < -0.3 is 10.1 Å². The number of nitro groups is 1. The van der Waals surface area contributed by atoms with Crippen LogP contribution in [0.3, 0.4) is 0 Å². The largest absolute Gasteiger partial charge is 0.447 e. The van der Waals surface area contributed by atoms with Crippen LogP contribution in [0.5, 0.6) is 0 Å². The molecule has 0 unspecified atom stereocenters. The molecule has 0 spiro atoms. The summed E-state index contributed by atoms with van der Waals surface area (Å²) in [4.78, 5) is 39.1. The third-order valence-corrected chi connectivity index (χ3v) is 9.79. The van der Waals surface area contributed by atoms with Crippen molar-refractivity contribution in [3.8, 4) is 0 Å². The first-order valence-corrected chi connectivity index (χ1v) is 14.5. The number of rotatable bonds is 7. The molecule has 3 aromatic rings. The second-order valence-electron chi connectivity index (χ2n) is 12.8. The lowest BCUT2D eigenvalue weighted by molar-refractivity contribution is -0.384. The molecular formula is C34H36N2O5. The highest BCUT2D eigenvalue weighted by molar-refractivity contribution is 5.98. The number of carbonyl (C=O) groups is 2. The number of nitrogens with one attached hydrogen (secondary N) is 1. The summed E-state index contributed by atoms with van der Waals surface area (Å²) in [6, 6.07) is 20.3. The van der Waals surface area contributed by atoms with Crippen LogP contribution in [0.4, 0.5) is 11.4 Å². The molecule has 4 aliphatic carbocycles. The molecule has 4 fully saturated rings. The lowest BCUT2D eigenvalue weighted by atomic mass is 9.43. The minimum Gasteiger partial charge on any atom is -0.447 e. The van der Waals surface area contributed by atoms with E-state index in [0.29, 0.717) is 23.0 Å². The van der Waals surface area contributed by atoms with E-state index in [9.17, 15) is 19.7 Å². The third kappa shape index (κ3) is 4.92. The highest BCUT2D eigenvalue weighted by Crippen LogP contribution is 2.66. The second-order valence-corrected chi connectivity index (χ2v) is 12.8. The molecule has 1 N–H and O–H groups in total. The highest BCUT2D eigenvalue weighted by Gasteiger charge is 2.62. The van der Waals surface area contributed by atoms with Gasteiger partial charge in [0.2, 0.25) is 6.10 Å². The summed E-state index contributed by atoms with van der Waals surface area (Å²) < 4.78 is 6.18. The van der Waals surface area contributed by atoms with Gasteiger partial charge in [-0.1, -0.05) is 54.6 Å². The van der Waals surface area contributed by atoms with Crippen LogP contribution in [0.25, 0.3) is 0 Å². The molecule has 212 valence electrons. The molecule has 4 saturated carbocycles. The minimum atomic E-state index is -1.23. The molecular weight excluding hydrogens is 516 g/mol. The van der Waals surface area contributed by atoms with Crippen LogP contribution in [0, 0.1) is 48.1 Å². The quantitative estimate of drug-likeness (QED) is 0.189. The number of ether oxygens (including phenoxy) is 1. The Hall–Kier alpha value is -4.00. The van der Waals surface area contributed by atoms with Crippen LogP contribution in [0.2, 0.25) is 0 Å². The Morgan fingerprint density at radius 2 is 1.63 bits per heavy atom. The Labute approximate surface area is 240 Å². The smallest absolute Gasteiger partial charge is 0.313 e. The number of hydrogen-bond acceptors (Lipinski definition) is 5. The standard InChI is InChI=1S/C34H36N2O5/c1-21-9-12-28(29(13-21)36(39)40)35-31(37)30(26-7-5-4-6-8-26)41-32(38)34-18-24-15-25(19-34)17-33(16-24,20-34)27-11-10-22(2)23(3)14-27/h4-14,24-25,30H,15-20H2,1-3H3,(H,35,37)/t24-,25-,30-,33?,34?/m1/s1. The summed E-state index contributed by atoms with van der Waals surface area (Å²) in [5, 5.41) is 14.4. The maximum Gasteiger partial charge on any atom is 0.313 e. The summed E-state index contributed by atoms with van der Waals surface area (Å²) in [5.41, 5.74) is 4.25. The Morgan fingerprint density at radius 3 is 2.29 bits per heavy atom. The van der Waals surface area contributed by atoms with Crippen LogP contribution in [0.1, 0.15) is 72.4 Å². The van der Waals surface area contributed by atoms with E-state index in [4.69, 9.17) is 4.74 Å². The van der Waals surface area contributed by atoms with Gasteiger partial charge in [0.05, 0.1) is 10.3 Å². The summed E-state index contributed by atoms with van der Waals surface area (Å²) >= 11 is 0. The molecule has 0 aliphatic heterocycles. The minimum absolute atomic E-state index is 0.0609. The van der Waals surface area contributed by atoms with E-state index < -0.39 is 22.3 Å². The lowest BCUT2D eigenvalue weighted by Gasteiger charge is -2.61. The summed E-state index contributed by atoms with van der Waals surface area (Å²) in [6.07, 6.45) is 4.36. The average molecular weight is 553 g/mol. The van der Waals surface area contributed by atoms with Crippen LogP contribution in [0.15, 0.2) is 66.7 Å². The summed E-state index contributed by atoms with van der Waals surface area (Å²) in [5.74, 6) is -0.0402. The van der Waals surface area contributed by atoms with E-state index in [0.717, 1.165) is 38.5 Å². The van der Waals surface area contributed by atoms with E-state index in [1.165, 1.54) is 28.8 Å². The Balaban J connectivity index is 1.31. The van der Waals surface area contributed by atoms with E-state index >= 15 is 0 Å².